The molecular weight excluding hydrogens is 385 g/mol. The van der Waals surface area contributed by atoms with Crippen LogP contribution in [0.15, 0.2) is 42.6 Å². The molecule has 0 amide bonds. The molecule has 0 aliphatic carbocycles. The van der Waals surface area contributed by atoms with Crippen molar-refractivity contribution in [2.45, 2.75) is 20.1 Å². The number of nitrogens with zero attached hydrogens (tertiary/aromatic N) is 1. The van der Waals surface area contributed by atoms with Crippen molar-refractivity contribution in [3.63, 3.8) is 0 Å². The average Bonchev–Trinajstić information content (AvgIpc) is 3.04. The van der Waals surface area contributed by atoms with Crippen molar-refractivity contribution in [3.05, 3.63) is 64.3 Å². The van der Waals surface area contributed by atoms with Crippen molar-refractivity contribution in [2.24, 2.45) is 5.92 Å². The Balaban J connectivity index is 2.02. The van der Waals surface area contributed by atoms with Crippen molar-refractivity contribution in [2.75, 3.05) is 13.3 Å². The highest BCUT2D eigenvalue weighted by Crippen LogP contribution is 2.29. The number of aromatic nitrogens is 1. The Morgan fingerprint density at radius 2 is 2.07 bits per heavy atom. The van der Waals surface area contributed by atoms with E-state index < -0.39 is 12.6 Å². The Bertz CT molecular complexity index is 1000. The summed E-state index contributed by atoms with van der Waals surface area (Å²) in [6.07, 6.45) is 1.73. The number of aliphatic hydroxyl groups is 1. The summed E-state index contributed by atoms with van der Waals surface area (Å²) >= 11 is 6.15. The van der Waals surface area contributed by atoms with E-state index in [-0.39, 0.29) is 24.7 Å². The summed E-state index contributed by atoms with van der Waals surface area (Å²) in [5.41, 5.74) is 2.14. The van der Waals surface area contributed by atoms with Gasteiger partial charge in [-0.2, -0.15) is 0 Å². The fraction of sp³-hybridized carbons (Fsp3) is 0.286. The van der Waals surface area contributed by atoms with E-state index in [1.807, 2.05) is 4.57 Å². The number of aromatic carboxylic acids is 1. The molecule has 1 aromatic heterocycles. The largest absolute Gasteiger partial charge is 0.493 e. The first kappa shape index (κ1) is 20.2. The molecule has 1 unspecified atom stereocenters. The van der Waals surface area contributed by atoms with E-state index in [0.29, 0.717) is 33.8 Å². The first-order chi connectivity index (χ1) is 13.4. The fourth-order valence-electron chi connectivity index (χ4n) is 3.14. The predicted molar refractivity (Wildman–Crippen MR) is 106 cm³/mol. The van der Waals surface area contributed by atoms with Crippen molar-refractivity contribution in [1.82, 2.24) is 4.57 Å². The minimum Gasteiger partial charge on any atom is -0.493 e. The molecule has 0 fully saturated rings. The smallest absolute Gasteiger partial charge is 0.336 e. The summed E-state index contributed by atoms with van der Waals surface area (Å²) in [6, 6.07) is 10.2. The van der Waals surface area contributed by atoms with Crippen molar-refractivity contribution < 1.29 is 24.1 Å². The van der Waals surface area contributed by atoms with Gasteiger partial charge in [0.25, 0.3) is 0 Å². The van der Waals surface area contributed by atoms with Crippen molar-refractivity contribution in [3.8, 4) is 5.75 Å². The Kier molecular flexibility index (Phi) is 6.21. The number of alkyl halides is 1. The summed E-state index contributed by atoms with van der Waals surface area (Å²) in [5.74, 6) is -0.688. The number of halogens is 2. The van der Waals surface area contributed by atoms with Crippen LogP contribution in [0.3, 0.4) is 0 Å². The van der Waals surface area contributed by atoms with Gasteiger partial charge in [-0.3, -0.25) is 4.39 Å². The summed E-state index contributed by atoms with van der Waals surface area (Å²) in [6.45, 7) is 1.61. The molecule has 1 atom stereocenters. The number of carbonyl (C=O) groups is 1. The van der Waals surface area contributed by atoms with E-state index in [2.05, 4.69) is 0 Å². The number of hydrogen-bond acceptors (Lipinski definition) is 3. The van der Waals surface area contributed by atoms with Gasteiger partial charge >= 0.3 is 5.97 Å². The van der Waals surface area contributed by atoms with E-state index in [1.165, 1.54) is 6.07 Å². The van der Waals surface area contributed by atoms with Gasteiger partial charge in [-0.15, -0.1) is 0 Å². The number of hydrogen-bond donors (Lipinski definition) is 2. The van der Waals surface area contributed by atoms with Gasteiger partial charge in [0.1, 0.15) is 5.75 Å². The zero-order valence-corrected chi connectivity index (χ0v) is 16.1. The number of rotatable bonds is 8. The van der Waals surface area contributed by atoms with Crippen LogP contribution >= 0.6 is 11.6 Å². The molecule has 5 nitrogen and oxygen atoms in total. The van der Waals surface area contributed by atoms with Gasteiger partial charge in [-0.05, 0) is 30.3 Å². The van der Waals surface area contributed by atoms with Crippen LogP contribution in [0, 0.1) is 5.92 Å². The zero-order chi connectivity index (χ0) is 20.3. The third kappa shape index (κ3) is 4.13. The molecule has 148 valence electrons. The maximum absolute atomic E-state index is 12.7. The number of benzene rings is 2. The summed E-state index contributed by atoms with van der Waals surface area (Å²) in [5, 5.41) is 20.2. The van der Waals surface area contributed by atoms with Crippen LogP contribution in [0.1, 0.15) is 28.4 Å². The van der Waals surface area contributed by atoms with E-state index in [4.69, 9.17) is 16.3 Å². The Morgan fingerprint density at radius 3 is 2.75 bits per heavy atom. The molecule has 0 spiro atoms. The van der Waals surface area contributed by atoms with Crippen LogP contribution in [0.4, 0.5) is 4.39 Å². The standard InChI is InChI=1S/C21H21ClFNO4/c1-13(8-23)12-28-19-6-5-16(22)7-14(19)9-24-10-15(11-25)20-17(21(26)27)3-2-4-18(20)24/h2-7,10,13,25H,8-9,11-12H2,1H3,(H,26,27). The maximum atomic E-state index is 12.7. The molecule has 0 saturated heterocycles. The number of carboxylic acid groups (broad SMARTS) is 1. The second-order valence-corrected chi connectivity index (χ2v) is 7.20. The van der Waals surface area contributed by atoms with Crippen LogP contribution in [-0.2, 0) is 13.2 Å². The number of carboxylic acids is 1. The average molecular weight is 406 g/mol. The minimum absolute atomic E-state index is 0.139. The molecule has 0 bridgehead atoms. The lowest BCUT2D eigenvalue weighted by atomic mass is 10.1. The van der Waals surface area contributed by atoms with E-state index in [0.717, 1.165) is 5.56 Å². The number of aliphatic hydroxyl groups excluding tert-OH is 1. The Morgan fingerprint density at radius 1 is 1.29 bits per heavy atom. The van der Waals surface area contributed by atoms with Gasteiger partial charge < -0.3 is 19.5 Å². The first-order valence-corrected chi connectivity index (χ1v) is 9.24. The van der Waals surface area contributed by atoms with Gasteiger partial charge in [0.05, 0.1) is 32.0 Å². The topological polar surface area (TPSA) is 71.7 Å². The molecular formula is C21H21ClFNO4. The van der Waals surface area contributed by atoms with E-state index in [9.17, 15) is 19.4 Å². The highest BCUT2D eigenvalue weighted by molar-refractivity contribution is 6.30. The summed E-state index contributed by atoms with van der Waals surface area (Å²) in [7, 11) is 0. The number of fused-ring (bicyclic) bond motifs is 1. The zero-order valence-electron chi connectivity index (χ0n) is 15.4. The van der Waals surface area contributed by atoms with Crippen molar-refractivity contribution in [1.29, 1.82) is 0 Å². The molecule has 28 heavy (non-hydrogen) atoms. The molecule has 1 heterocycles. The Hall–Kier alpha value is -2.57. The molecule has 3 rings (SSSR count). The Labute approximate surface area is 166 Å². The predicted octanol–water partition coefficient (Wildman–Crippen LogP) is 4.52. The molecule has 0 aliphatic heterocycles. The molecule has 2 aromatic carbocycles. The quantitative estimate of drug-likeness (QED) is 0.578. The van der Waals surface area contributed by atoms with Crippen LogP contribution in [0.5, 0.6) is 5.75 Å². The van der Waals surface area contributed by atoms with Gasteiger partial charge in [0.15, 0.2) is 0 Å². The maximum Gasteiger partial charge on any atom is 0.336 e. The monoisotopic (exact) mass is 405 g/mol. The molecule has 0 radical (unpaired) electrons. The van der Waals surface area contributed by atoms with Gasteiger partial charge in [-0.1, -0.05) is 24.6 Å². The summed E-state index contributed by atoms with van der Waals surface area (Å²) in [4.78, 5) is 11.6. The molecule has 2 N–H and O–H groups in total. The third-order valence-electron chi connectivity index (χ3n) is 4.54. The first-order valence-electron chi connectivity index (χ1n) is 8.86. The summed E-state index contributed by atoms with van der Waals surface area (Å²) < 4.78 is 20.4. The highest BCUT2D eigenvalue weighted by Gasteiger charge is 2.17. The lowest BCUT2D eigenvalue weighted by molar-refractivity contribution is 0.0699. The third-order valence-corrected chi connectivity index (χ3v) is 4.77. The fourth-order valence-corrected chi connectivity index (χ4v) is 3.34. The lowest BCUT2D eigenvalue weighted by Gasteiger charge is -2.15. The minimum atomic E-state index is -1.05. The lowest BCUT2D eigenvalue weighted by Crippen LogP contribution is -2.12. The molecule has 3 aromatic rings. The number of ether oxygens (including phenoxy) is 1. The van der Waals surface area contributed by atoms with Gasteiger partial charge in [0, 0.05) is 39.2 Å². The van der Waals surface area contributed by atoms with Crippen LogP contribution < -0.4 is 4.74 Å². The van der Waals surface area contributed by atoms with Crippen molar-refractivity contribution >= 4 is 28.5 Å². The van der Waals surface area contributed by atoms with E-state index >= 15 is 0 Å². The second-order valence-electron chi connectivity index (χ2n) is 6.77. The normalized spacial score (nSPS) is 12.3. The van der Waals surface area contributed by atoms with Crippen LogP contribution in [0.2, 0.25) is 5.02 Å². The second kappa shape index (κ2) is 8.63. The molecule has 0 saturated carbocycles. The van der Waals surface area contributed by atoms with Gasteiger partial charge in [-0.25, -0.2) is 4.79 Å². The SMILES string of the molecule is CC(CF)COc1ccc(Cl)cc1Cn1cc(CO)c2c(C(=O)O)cccc21. The van der Waals surface area contributed by atoms with Crippen LogP contribution in [0.25, 0.3) is 10.9 Å². The highest BCUT2D eigenvalue weighted by atomic mass is 35.5. The van der Waals surface area contributed by atoms with Crippen LogP contribution in [-0.4, -0.2) is 34.0 Å². The molecule has 0 aliphatic rings. The molecule has 7 heteroatoms. The van der Waals surface area contributed by atoms with Gasteiger partial charge in [0.2, 0.25) is 0 Å². The van der Waals surface area contributed by atoms with E-state index in [1.54, 1.807) is 43.5 Å².